The van der Waals surface area contributed by atoms with Gasteiger partial charge in [-0.25, -0.2) is 0 Å². The van der Waals surface area contributed by atoms with E-state index in [1.807, 2.05) is 24.3 Å². The summed E-state index contributed by atoms with van der Waals surface area (Å²) in [5, 5.41) is 0. The van der Waals surface area contributed by atoms with Gasteiger partial charge in [0, 0.05) is 18.8 Å². The summed E-state index contributed by atoms with van der Waals surface area (Å²) in [5.41, 5.74) is 0.778. The van der Waals surface area contributed by atoms with Crippen molar-refractivity contribution in [2.24, 2.45) is 0 Å². The molecular formula is C15H22O6S. The highest BCUT2D eigenvalue weighted by Crippen LogP contribution is 2.30. The Morgan fingerprint density at radius 3 is 2.59 bits per heavy atom. The van der Waals surface area contributed by atoms with Crippen LogP contribution in [0.3, 0.4) is 0 Å². The van der Waals surface area contributed by atoms with E-state index in [9.17, 15) is 8.42 Å². The highest BCUT2D eigenvalue weighted by Gasteiger charge is 2.24. The number of methoxy groups -OCH3 is 1. The van der Waals surface area contributed by atoms with Crippen LogP contribution in [0.25, 0.3) is 0 Å². The molecule has 22 heavy (non-hydrogen) atoms. The lowest BCUT2D eigenvalue weighted by atomic mass is 10.1. The Bertz CT molecular complexity index is 565. The molecule has 1 aromatic rings. The molecule has 6 nitrogen and oxygen atoms in total. The van der Waals surface area contributed by atoms with Gasteiger partial charge in [-0.1, -0.05) is 18.2 Å². The Morgan fingerprint density at radius 1 is 1.27 bits per heavy atom. The number of benzene rings is 1. The van der Waals surface area contributed by atoms with Crippen LogP contribution in [-0.4, -0.2) is 47.7 Å². The van der Waals surface area contributed by atoms with Crippen molar-refractivity contribution in [1.82, 2.24) is 0 Å². The summed E-state index contributed by atoms with van der Waals surface area (Å²) < 4.78 is 44.2. The van der Waals surface area contributed by atoms with Crippen molar-refractivity contribution in [1.29, 1.82) is 0 Å². The lowest BCUT2D eigenvalue weighted by Crippen LogP contribution is -2.27. The number of rotatable bonds is 7. The van der Waals surface area contributed by atoms with Crippen molar-refractivity contribution in [2.75, 3.05) is 33.2 Å². The second-order valence-electron chi connectivity index (χ2n) is 5.17. The number of ether oxygens (including phenoxy) is 3. The SMILES string of the molecule is COc1ccccc1[C@H](COS(C)(=O)=O)OC1CCOCC1. The van der Waals surface area contributed by atoms with Gasteiger partial charge in [0.05, 0.1) is 26.1 Å². The standard InChI is InChI=1S/C15H22O6S/c1-18-14-6-4-3-5-13(14)15(11-20-22(2,16)17)21-12-7-9-19-10-8-12/h3-6,12,15H,7-11H2,1-2H3/t15-/m0/s1. The first kappa shape index (κ1) is 17.2. The fourth-order valence-electron chi connectivity index (χ4n) is 2.36. The Labute approximate surface area is 131 Å². The molecule has 1 heterocycles. The zero-order chi connectivity index (χ0) is 16.0. The molecule has 0 aromatic heterocycles. The van der Waals surface area contributed by atoms with Crippen LogP contribution in [0, 0.1) is 0 Å². The first-order valence-electron chi connectivity index (χ1n) is 7.20. The molecular weight excluding hydrogens is 308 g/mol. The molecule has 1 aliphatic rings. The molecule has 0 radical (unpaired) electrons. The van der Waals surface area contributed by atoms with Crippen LogP contribution in [-0.2, 0) is 23.8 Å². The first-order valence-corrected chi connectivity index (χ1v) is 9.02. The van der Waals surface area contributed by atoms with Crippen molar-refractivity contribution >= 4 is 10.1 Å². The summed E-state index contributed by atoms with van der Waals surface area (Å²) in [6.07, 6.45) is 2.11. The highest BCUT2D eigenvalue weighted by molar-refractivity contribution is 7.85. The Hall–Kier alpha value is -1.15. The summed E-state index contributed by atoms with van der Waals surface area (Å²) in [6, 6.07) is 7.38. The van der Waals surface area contributed by atoms with Gasteiger partial charge in [0.2, 0.25) is 0 Å². The van der Waals surface area contributed by atoms with E-state index in [2.05, 4.69) is 0 Å². The average molecular weight is 330 g/mol. The summed E-state index contributed by atoms with van der Waals surface area (Å²) >= 11 is 0. The monoisotopic (exact) mass is 330 g/mol. The molecule has 124 valence electrons. The third-order valence-corrected chi connectivity index (χ3v) is 4.01. The molecule has 7 heteroatoms. The molecule has 1 aliphatic heterocycles. The predicted octanol–water partition coefficient (Wildman–Crippen LogP) is 1.91. The van der Waals surface area contributed by atoms with Gasteiger partial charge in [-0.3, -0.25) is 4.18 Å². The topological polar surface area (TPSA) is 71.1 Å². The van der Waals surface area contributed by atoms with Crippen LogP contribution >= 0.6 is 0 Å². The summed E-state index contributed by atoms with van der Waals surface area (Å²) in [5.74, 6) is 0.650. The van der Waals surface area contributed by atoms with Crippen LogP contribution < -0.4 is 4.74 Å². The van der Waals surface area contributed by atoms with E-state index in [4.69, 9.17) is 18.4 Å². The molecule has 2 rings (SSSR count). The van der Waals surface area contributed by atoms with Gasteiger partial charge in [0.15, 0.2) is 0 Å². The van der Waals surface area contributed by atoms with E-state index >= 15 is 0 Å². The van der Waals surface area contributed by atoms with Crippen LogP contribution in [0.15, 0.2) is 24.3 Å². The van der Waals surface area contributed by atoms with Gasteiger partial charge in [-0.2, -0.15) is 8.42 Å². The maximum atomic E-state index is 11.3. The van der Waals surface area contributed by atoms with Gasteiger partial charge in [0.25, 0.3) is 10.1 Å². The molecule has 0 N–H and O–H groups in total. The van der Waals surface area contributed by atoms with E-state index in [1.54, 1.807) is 7.11 Å². The number of hydrogen-bond donors (Lipinski definition) is 0. The fourth-order valence-corrected chi connectivity index (χ4v) is 2.74. The minimum Gasteiger partial charge on any atom is -0.496 e. The van der Waals surface area contributed by atoms with Gasteiger partial charge in [-0.05, 0) is 18.9 Å². The zero-order valence-corrected chi connectivity index (χ0v) is 13.7. The maximum Gasteiger partial charge on any atom is 0.264 e. The summed E-state index contributed by atoms with van der Waals surface area (Å²) in [7, 11) is -1.96. The largest absolute Gasteiger partial charge is 0.496 e. The van der Waals surface area contributed by atoms with Gasteiger partial charge in [0.1, 0.15) is 11.9 Å². The predicted molar refractivity (Wildman–Crippen MR) is 81.5 cm³/mol. The Kier molecular flexibility index (Phi) is 6.19. The lowest BCUT2D eigenvalue weighted by Gasteiger charge is -2.28. The lowest BCUT2D eigenvalue weighted by molar-refractivity contribution is -0.0816. The molecule has 0 amide bonds. The van der Waals surface area contributed by atoms with Crippen molar-refractivity contribution in [3.63, 3.8) is 0 Å². The Morgan fingerprint density at radius 2 is 1.95 bits per heavy atom. The number of para-hydroxylation sites is 1. The third-order valence-electron chi connectivity index (χ3n) is 3.44. The molecule has 0 unspecified atom stereocenters. The third kappa shape index (κ3) is 5.24. The normalized spacial score (nSPS) is 18.1. The summed E-state index contributed by atoms with van der Waals surface area (Å²) in [6.45, 7) is 1.23. The molecule has 1 saturated heterocycles. The molecule has 0 aliphatic carbocycles. The molecule has 0 saturated carbocycles. The van der Waals surface area contributed by atoms with E-state index in [0.29, 0.717) is 19.0 Å². The fraction of sp³-hybridized carbons (Fsp3) is 0.600. The average Bonchev–Trinajstić information content (AvgIpc) is 2.51. The molecule has 1 atom stereocenters. The van der Waals surface area contributed by atoms with Gasteiger partial charge >= 0.3 is 0 Å². The van der Waals surface area contributed by atoms with Crippen LogP contribution in [0.2, 0.25) is 0 Å². The van der Waals surface area contributed by atoms with E-state index in [1.165, 1.54) is 0 Å². The smallest absolute Gasteiger partial charge is 0.264 e. The minimum atomic E-state index is -3.53. The highest BCUT2D eigenvalue weighted by atomic mass is 32.2. The first-order chi connectivity index (χ1) is 10.5. The van der Waals surface area contributed by atoms with E-state index in [-0.39, 0.29) is 12.7 Å². The van der Waals surface area contributed by atoms with Crippen molar-refractivity contribution in [3.8, 4) is 5.75 Å². The zero-order valence-electron chi connectivity index (χ0n) is 12.9. The molecule has 0 bridgehead atoms. The van der Waals surface area contributed by atoms with Crippen LogP contribution in [0.5, 0.6) is 5.75 Å². The Balaban J connectivity index is 2.15. The second-order valence-corrected chi connectivity index (χ2v) is 6.81. The quantitative estimate of drug-likeness (QED) is 0.711. The molecule has 1 fully saturated rings. The van der Waals surface area contributed by atoms with E-state index in [0.717, 1.165) is 24.7 Å². The van der Waals surface area contributed by atoms with E-state index < -0.39 is 16.2 Å². The van der Waals surface area contributed by atoms with Crippen LogP contribution in [0.4, 0.5) is 0 Å². The maximum absolute atomic E-state index is 11.3. The summed E-state index contributed by atoms with van der Waals surface area (Å²) in [4.78, 5) is 0. The van der Waals surface area contributed by atoms with Gasteiger partial charge in [-0.15, -0.1) is 0 Å². The second kappa shape index (κ2) is 7.92. The minimum absolute atomic E-state index is 0.0202. The number of hydrogen-bond acceptors (Lipinski definition) is 6. The van der Waals surface area contributed by atoms with Crippen molar-refractivity contribution in [2.45, 2.75) is 25.0 Å². The van der Waals surface area contributed by atoms with Crippen molar-refractivity contribution in [3.05, 3.63) is 29.8 Å². The van der Waals surface area contributed by atoms with Gasteiger partial charge < -0.3 is 14.2 Å². The molecule has 1 aromatic carbocycles. The molecule has 0 spiro atoms. The van der Waals surface area contributed by atoms with Crippen LogP contribution in [0.1, 0.15) is 24.5 Å². The van der Waals surface area contributed by atoms with Crippen molar-refractivity contribution < 1.29 is 26.8 Å².